The zero-order valence-corrected chi connectivity index (χ0v) is 7.64. The van der Waals surface area contributed by atoms with Crippen LogP contribution in [0.15, 0.2) is 0 Å². The number of piperidine rings is 1. The normalized spacial score (nSPS) is 30.2. The van der Waals surface area contributed by atoms with E-state index in [1.807, 2.05) is 0 Å². The van der Waals surface area contributed by atoms with Crippen molar-refractivity contribution < 1.29 is 8.76 Å². The van der Waals surface area contributed by atoms with Crippen LogP contribution in [0.25, 0.3) is 0 Å². The first kappa shape index (κ1) is 9.16. The van der Waals surface area contributed by atoms with E-state index in [2.05, 4.69) is 6.92 Å². The smallest absolute Gasteiger partial charge is 0.234 e. The molecule has 66 valence electrons. The molecule has 3 nitrogen and oxygen atoms in total. The first-order valence-corrected chi connectivity index (χ1v) is 5.16. The van der Waals surface area contributed by atoms with E-state index in [4.69, 9.17) is 4.55 Å². The summed E-state index contributed by atoms with van der Waals surface area (Å²) in [6, 6.07) is 0. The van der Waals surface area contributed by atoms with E-state index in [1.54, 1.807) is 4.31 Å². The van der Waals surface area contributed by atoms with E-state index < -0.39 is 11.3 Å². The maximum atomic E-state index is 10.7. The molecule has 0 bridgehead atoms. The van der Waals surface area contributed by atoms with Gasteiger partial charge in [0.1, 0.15) is 0 Å². The third-order valence-electron chi connectivity index (χ3n) is 2.28. The predicted octanol–water partition coefficient (Wildman–Crippen LogP) is 1.25. The molecule has 1 saturated heterocycles. The van der Waals surface area contributed by atoms with Gasteiger partial charge in [-0.1, -0.05) is 13.3 Å². The Morgan fingerprint density at radius 1 is 1.73 bits per heavy atom. The minimum Gasteiger partial charge on any atom is -0.294 e. The van der Waals surface area contributed by atoms with Crippen molar-refractivity contribution in [2.45, 2.75) is 26.2 Å². The molecule has 1 fully saturated rings. The van der Waals surface area contributed by atoms with Crippen LogP contribution in [0.3, 0.4) is 0 Å². The Kier molecular flexibility index (Phi) is 3.48. The van der Waals surface area contributed by atoms with Crippen molar-refractivity contribution in [2.75, 3.05) is 13.1 Å². The molecule has 11 heavy (non-hydrogen) atoms. The number of hydrogen-bond acceptors (Lipinski definition) is 1. The molecular formula is C7H15NO2S. The van der Waals surface area contributed by atoms with Gasteiger partial charge in [0.2, 0.25) is 11.3 Å². The van der Waals surface area contributed by atoms with Crippen LogP contribution in [0.1, 0.15) is 26.2 Å². The molecule has 1 aliphatic rings. The molecule has 2 unspecified atom stereocenters. The largest absolute Gasteiger partial charge is 0.294 e. The molecule has 0 amide bonds. The van der Waals surface area contributed by atoms with Crippen molar-refractivity contribution in [3.63, 3.8) is 0 Å². The predicted molar refractivity (Wildman–Crippen MR) is 45.4 cm³/mol. The van der Waals surface area contributed by atoms with Gasteiger partial charge in [0.25, 0.3) is 0 Å². The fraction of sp³-hybridized carbons (Fsp3) is 1.00. The minimum atomic E-state index is -1.74. The Morgan fingerprint density at radius 3 is 3.00 bits per heavy atom. The summed E-state index contributed by atoms with van der Waals surface area (Å²) in [6.07, 6.45) is 3.39. The third kappa shape index (κ3) is 2.54. The molecule has 2 atom stereocenters. The van der Waals surface area contributed by atoms with Crippen molar-refractivity contribution in [3.05, 3.63) is 0 Å². The molecule has 0 aromatic heterocycles. The molecule has 0 spiro atoms. The molecule has 1 heterocycles. The Hall–Kier alpha value is 0.0700. The summed E-state index contributed by atoms with van der Waals surface area (Å²) in [5, 5.41) is 0. The van der Waals surface area contributed by atoms with Gasteiger partial charge in [0.05, 0.1) is 0 Å². The van der Waals surface area contributed by atoms with Crippen molar-refractivity contribution in [1.29, 1.82) is 0 Å². The van der Waals surface area contributed by atoms with Crippen LogP contribution in [0.5, 0.6) is 0 Å². The summed E-state index contributed by atoms with van der Waals surface area (Å²) in [5.74, 6) is 0.625. The van der Waals surface area contributed by atoms with Gasteiger partial charge in [-0.15, -0.1) is 0 Å². The molecule has 4 heteroatoms. The van der Waals surface area contributed by atoms with E-state index in [0.717, 1.165) is 25.9 Å². The van der Waals surface area contributed by atoms with E-state index in [0.29, 0.717) is 5.92 Å². The topological polar surface area (TPSA) is 40.5 Å². The SMILES string of the molecule is CCC1CCCN(S(=O)O)C1. The van der Waals surface area contributed by atoms with Gasteiger partial charge in [0.15, 0.2) is 0 Å². The first-order valence-electron chi connectivity index (χ1n) is 4.10. The lowest BCUT2D eigenvalue weighted by Gasteiger charge is -2.28. The highest BCUT2D eigenvalue weighted by Gasteiger charge is 2.21. The second-order valence-electron chi connectivity index (χ2n) is 3.04. The minimum absolute atomic E-state index is 0.625. The number of hydrogen-bond donors (Lipinski definition) is 1. The van der Waals surface area contributed by atoms with Crippen LogP contribution in [0.4, 0.5) is 0 Å². The number of nitrogens with zero attached hydrogens (tertiary/aromatic N) is 1. The lowest BCUT2D eigenvalue weighted by molar-refractivity contribution is 0.258. The molecule has 0 aromatic carbocycles. The lowest BCUT2D eigenvalue weighted by Crippen LogP contribution is -2.36. The van der Waals surface area contributed by atoms with Gasteiger partial charge in [-0.05, 0) is 18.8 Å². The molecular weight excluding hydrogens is 162 g/mol. The van der Waals surface area contributed by atoms with Crippen LogP contribution in [0.2, 0.25) is 0 Å². The van der Waals surface area contributed by atoms with Crippen molar-refractivity contribution in [1.82, 2.24) is 4.31 Å². The summed E-state index contributed by atoms with van der Waals surface area (Å²) >= 11 is -1.74. The summed E-state index contributed by atoms with van der Waals surface area (Å²) in [4.78, 5) is 0. The molecule has 0 aliphatic carbocycles. The Morgan fingerprint density at radius 2 is 2.45 bits per heavy atom. The second kappa shape index (κ2) is 4.18. The Balaban J connectivity index is 2.39. The fourth-order valence-electron chi connectivity index (χ4n) is 1.50. The van der Waals surface area contributed by atoms with Crippen LogP contribution >= 0.6 is 0 Å². The monoisotopic (exact) mass is 177 g/mol. The average molecular weight is 177 g/mol. The van der Waals surface area contributed by atoms with E-state index >= 15 is 0 Å². The van der Waals surface area contributed by atoms with E-state index in [-0.39, 0.29) is 0 Å². The zero-order chi connectivity index (χ0) is 8.27. The van der Waals surface area contributed by atoms with Gasteiger partial charge in [-0.25, -0.2) is 8.51 Å². The summed E-state index contributed by atoms with van der Waals surface area (Å²) < 4.78 is 21.1. The molecule has 0 radical (unpaired) electrons. The van der Waals surface area contributed by atoms with Gasteiger partial charge in [-0.3, -0.25) is 4.55 Å². The average Bonchev–Trinajstić information content (AvgIpc) is 2.05. The maximum Gasteiger partial charge on any atom is 0.234 e. The number of rotatable bonds is 2. The quantitative estimate of drug-likeness (QED) is 0.645. The first-order chi connectivity index (χ1) is 5.24. The highest BCUT2D eigenvalue weighted by molar-refractivity contribution is 7.76. The molecule has 1 aliphatic heterocycles. The van der Waals surface area contributed by atoms with Gasteiger partial charge >= 0.3 is 0 Å². The zero-order valence-electron chi connectivity index (χ0n) is 6.82. The molecule has 0 aromatic rings. The fourth-order valence-corrected chi connectivity index (χ4v) is 2.13. The van der Waals surface area contributed by atoms with Gasteiger partial charge in [-0.2, -0.15) is 0 Å². The van der Waals surface area contributed by atoms with Crippen LogP contribution in [-0.4, -0.2) is 26.2 Å². The molecule has 1 rings (SSSR count). The van der Waals surface area contributed by atoms with Crippen LogP contribution in [-0.2, 0) is 11.3 Å². The summed E-state index contributed by atoms with van der Waals surface area (Å²) in [5.41, 5.74) is 0. The van der Waals surface area contributed by atoms with E-state index in [9.17, 15) is 4.21 Å². The van der Waals surface area contributed by atoms with Crippen LogP contribution in [0, 0.1) is 5.92 Å². The van der Waals surface area contributed by atoms with Gasteiger partial charge < -0.3 is 0 Å². The van der Waals surface area contributed by atoms with Crippen molar-refractivity contribution in [3.8, 4) is 0 Å². The molecule has 1 N–H and O–H groups in total. The maximum absolute atomic E-state index is 10.7. The summed E-state index contributed by atoms with van der Waals surface area (Å²) in [7, 11) is 0. The second-order valence-corrected chi connectivity index (χ2v) is 4.01. The highest BCUT2D eigenvalue weighted by Crippen LogP contribution is 2.19. The van der Waals surface area contributed by atoms with Crippen molar-refractivity contribution in [2.24, 2.45) is 5.92 Å². The summed E-state index contributed by atoms with van der Waals surface area (Å²) in [6.45, 7) is 3.70. The Bertz CT molecular complexity index is 151. The van der Waals surface area contributed by atoms with Crippen molar-refractivity contribution >= 4 is 11.3 Å². The van der Waals surface area contributed by atoms with Crippen LogP contribution < -0.4 is 0 Å². The van der Waals surface area contributed by atoms with Gasteiger partial charge in [0, 0.05) is 13.1 Å². The lowest BCUT2D eigenvalue weighted by atomic mass is 9.97. The Labute approximate surface area is 70.2 Å². The highest BCUT2D eigenvalue weighted by atomic mass is 32.2. The molecule has 0 saturated carbocycles. The standard InChI is InChI=1S/C7H15NO2S/c1-2-7-4-3-5-8(6-7)11(9)10/h7H,2-6H2,1H3,(H,9,10). The van der Waals surface area contributed by atoms with E-state index in [1.165, 1.54) is 6.42 Å². The third-order valence-corrected chi connectivity index (χ3v) is 3.05.